The molecule has 14 heavy (non-hydrogen) atoms. The van der Waals surface area contributed by atoms with Crippen LogP contribution >= 0.6 is 0 Å². The second-order valence-corrected chi connectivity index (χ2v) is 3.01. The molecule has 0 aliphatic carbocycles. The fraction of sp³-hybridized carbons (Fsp3) is 0. The standard InChI is InChI=1S/C10H5N3O/c14-10-8-6-3-1-2-4-7(6)13-9(8)11-5-12-10/h1-5H. The van der Waals surface area contributed by atoms with Gasteiger partial charge in [0.1, 0.15) is 6.34 Å². The largest absolute Gasteiger partial charge is 0.282 e. The van der Waals surface area contributed by atoms with Gasteiger partial charge in [-0.25, -0.2) is 9.98 Å². The first-order valence-electron chi connectivity index (χ1n) is 4.19. The van der Waals surface area contributed by atoms with Gasteiger partial charge in [-0.3, -0.25) is 4.79 Å². The number of rotatable bonds is 0. The van der Waals surface area contributed by atoms with Gasteiger partial charge < -0.3 is 0 Å². The Labute approximate surface area is 79.0 Å². The molecule has 0 radical (unpaired) electrons. The van der Waals surface area contributed by atoms with Gasteiger partial charge in [0, 0.05) is 5.22 Å². The normalized spacial score (nSPS) is 17.3. The van der Waals surface area contributed by atoms with Gasteiger partial charge in [0.2, 0.25) is 0 Å². The molecule has 4 nitrogen and oxygen atoms in total. The van der Waals surface area contributed by atoms with Crippen LogP contribution in [-0.4, -0.2) is 18.1 Å². The number of nitrogens with zero attached hydrogens (tertiary/aromatic N) is 3. The summed E-state index contributed by atoms with van der Waals surface area (Å²) < 4.78 is 0. The summed E-state index contributed by atoms with van der Waals surface area (Å²) in [4.78, 5) is 23.3. The highest BCUT2D eigenvalue weighted by Crippen LogP contribution is 2.08. The van der Waals surface area contributed by atoms with Crippen molar-refractivity contribution in [1.82, 2.24) is 0 Å². The van der Waals surface area contributed by atoms with Crippen molar-refractivity contribution in [2.45, 2.75) is 0 Å². The first-order valence-corrected chi connectivity index (χ1v) is 4.19. The number of carbonyl (C=O) groups is 1. The Morgan fingerprint density at radius 2 is 2.00 bits per heavy atom. The Morgan fingerprint density at radius 3 is 2.93 bits per heavy atom. The zero-order valence-electron chi connectivity index (χ0n) is 7.14. The number of fused-ring (bicyclic) bond motifs is 2. The number of aliphatic imine (C=N–C) groups is 2. The quantitative estimate of drug-likeness (QED) is 0.531. The number of hydrogen-bond donors (Lipinski definition) is 0. The molecule has 0 fully saturated rings. The maximum Gasteiger partial charge on any atom is 0.282 e. The number of amides is 1. The molecule has 0 saturated heterocycles. The first-order chi connectivity index (χ1) is 6.86. The predicted molar refractivity (Wildman–Crippen MR) is 51.6 cm³/mol. The Balaban J connectivity index is 2.51. The summed E-state index contributed by atoms with van der Waals surface area (Å²) in [5.41, 5.74) is 0.517. The van der Waals surface area contributed by atoms with Crippen LogP contribution in [0, 0.1) is 0 Å². The summed E-state index contributed by atoms with van der Waals surface area (Å²) in [6, 6.07) is 7.47. The SMILES string of the molecule is O=C1N=CN=C2N=c3ccccc3=C12. The molecule has 2 aliphatic rings. The smallest absolute Gasteiger partial charge is 0.267 e. The third-order valence-corrected chi connectivity index (χ3v) is 2.19. The second kappa shape index (κ2) is 2.45. The Morgan fingerprint density at radius 1 is 1.14 bits per heavy atom. The summed E-state index contributed by atoms with van der Waals surface area (Å²) in [5, 5.41) is 1.62. The van der Waals surface area contributed by atoms with Crippen LogP contribution in [0.1, 0.15) is 0 Å². The highest BCUT2D eigenvalue weighted by molar-refractivity contribution is 6.45. The lowest BCUT2D eigenvalue weighted by atomic mass is 10.1. The predicted octanol–water partition coefficient (Wildman–Crippen LogP) is -0.562. The third-order valence-electron chi connectivity index (χ3n) is 2.19. The fourth-order valence-electron chi connectivity index (χ4n) is 1.58. The van der Waals surface area contributed by atoms with Crippen LogP contribution in [0.5, 0.6) is 0 Å². The first kappa shape index (κ1) is 7.32. The highest BCUT2D eigenvalue weighted by Gasteiger charge is 2.22. The van der Waals surface area contributed by atoms with Crippen LogP contribution in [0.4, 0.5) is 0 Å². The van der Waals surface area contributed by atoms with Crippen molar-refractivity contribution in [2.75, 3.05) is 0 Å². The van der Waals surface area contributed by atoms with E-state index >= 15 is 0 Å². The van der Waals surface area contributed by atoms with Crippen molar-refractivity contribution in [1.29, 1.82) is 0 Å². The van der Waals surface area contributed by atoms with Gasteiger partial charge in [-0.1, -0.05) is 18.2 Å². The topological polar surface area (TPSA) is 54.1 Å². The van der Waals surface area contributed by atoms with Gasteiger partial charge in [0.15, 0.2) is 5.84 Å². The Kier molecular flexibility index (Phi) is 1.28. The highest BCUT2D eigenvalue weighted by atomic mass is 16.1. The van der Waals surface area contributed by atoms with E-state index < -0.39 is 0 Å². The van der Waals surface area contributed by atoms with Crippen molar-refractivity contribution in [3.63, 3.8) is 0 Å². The number of hydrogen-bond acceptors (Lipinski definition) is 3. The summed E-state index contributed by atoms with van der Waals surface area (Å²) >= 11 is 0. The van der Waals surface area contributed by atoms with Crippen LogP contribution in [0.15, 0.2) is 39.2 Å². The molecule has 2 heterocycles. The van der Waals surface area contributed by atoms with Crippen molar-refractivity contribution in [2.24, 2.45) is 15.0 Å². The van der Waals surface area contributed by atoms with Crippen molar-refractivity contribution in [3.05, 3.63) is 34.8 Å². The van der Waals surface area contributed by atoms with E-state index in [1.165, 1.54) is 6.34 Å². The molecule has 3 rings (SSSR count). The molecule has 2 aliphatic heterocycles. The van der Waals surface area contributed by atoms with E-state index in [1.54, 1.807) is 0 Å². The Bertz CT molecular complexity index is 610. The molecular weight excluding hydrogens is 178 g/mol. The molecule has 0 unspecified atom stereocenters. The van der Waals surface area contributed by atoms with E-state index in [0.29, 0.717) is 11.4 Å². The molecule has 0 atom stereocenters. The number of amidine groups is 1. The molecule has 0 spiro atoms. The Hall–Kier alpha value is -2.10. The molecule has 1 aromatic rings. The molecule has 66 valence electrons. The van der Waals surface area contributed by atoms with Crippen LogP contribution in [0.25, 0.3) is 5.57 Å². The maximum atomic E-state index is 11.5. The number of benzene rings is 1. The van der Waals surface area contributed by atoms with Crippen molar-refractivity contribution >= 4 is 23.7 Å². The summed E-state index contributed by atoms with van der Waals surface area (Å²) in [6.07, 6.45) is 1.25. The van der Waals surface area contributed by atoms with Gasteiger partial charge in [0.25, 0.3) is 5.91 Å². The molecule has 0 aromatic heterocycles. The van der Waals surface area contributed by atoms with Gasteiger partial charge in [-0.05, 0) is 6.07 Å². The monoisotopic (exact) mass is 183 g/mol. The minimum Gasteiger partial charge on any atom is -0.267 e. The van der Waals surface area contributed by atoms with Gasteiger partial charge in [-0.2, -0.15) is 4.99 Å². The zero-order chi connectivity index (χ0) is 9.54. The van der Waals surface area contributed by atoms with Crippen LogP contribution in [0.2, 0.25) is 0 Å². The average molecular weight is 183 g/mol. The van der Waals surface area contributed by atoms with Gasteiger partial charge in [-0.15, -0.1) is 0 Å². The van der Waals surface area contributed by atoms with E-state index in [0.717, 1.165) is 10.6 Å². The minimum atomic E-state index is -0.260. The summed E-state index contributed by atoms with van der Waals surface area (Å²) in [6.45, 7) is 0. The average Bonchev–Trinajstić information content (AvgIpc) is 2.57. The number of carbonyl (C=O) groups excluding carboxylic acids is 1. The van der Waals surface area contributed by atoms with Crippen LogP contribution < -0.4 is 10.6 Å². The number of para-hydroxylation sites is 1. The van der Waals surface area contributed by atoms with Crippen LogP contribution in [-0.2, 0) is 4.79 Å². The second-order valence-electron chi connectivity index (χ2n) is 3.01. The molecule has 0 N–H and O–H groups in total. The molecule has 0 bridgehead atoms. The zero-order valence-corrected chi connectivity index (χ0v) is 7.14. The maximum absolute atomic E-state index is 11.5. The van der Waals surface area contributed by atoms with Crippen molar-refractivity contribution < 1.29 is 4.79 Å². The van der Waals surface area contributed by atoms with E-state index in [2.05, 4.69) is 15.0 Å². The van der Waals surface area contributed by atoms with E-state index in [-0.39, 0.29) is 5.91 Å². The molecule has 0 saturated carbocycles. The lowest BCUT2D eigenvalue weighted by Crippen LogP contribution is -2.25. The van der Waals surface area contributed by atoms with Crippen molar-refractivity contribution in [3.8, 4) is 0 Å². The molecular formula is C10H5N3O. The van der Waals surface area contributed by atoms with E-state index in [9.17, 15) is 4.79 Å². The van der Waals surface area contributed by atoms with Crippen LogP contribution in [0.3, 0.4) is 0 Å². The lowest BCUT2D eigenvalue weighted by molar-refractivity contribution is -0.112. The van der Waals surface area contributed by atoms with E-state index in [4.69, 9.17) is 0 Å². The third kappa shape index (κ3) is 0.821. The molecule has 4 heteroatoms. The lowest BCUT2D eigenvalue weighted by Gasteiger charge is -1.99. The van der Waals surface area contributed by atoms with Gasteiger partial charge in [0.05, 0.1) is 10.9 Å². The minimum absolute atomic E-state index is 0.260. The summed E-state index contributed by atoms with van der Waals surface area (Å²) in [7, 11) is 0. The molecule has 1 aromatic carbocycles. The van der Waals surface area contributed by atoms with Gasteiger partial charge >= 0.3 is 0 Å². The van der Waals surface area contributed by atoms with E-state index in [1.807, 2.05) is 24.3 Å². The molecule has 1 amide bonds. The summed E-state index contributed by atoms with van der Waals surface area (Å²) in [5.74, 6) is 0.218. The fourth-order valence-corrected chi connectivity index (χ4v) is 1.58.